The van der Waals surface area contributed by atoms with Crippen LogP contribution in [0.15, 0.2) is 85.2 Å². The number of carbonyl (C=O) groups excluding carboxylic acids is 1. The molecule has 6 nitrogen and oxygen atoms in total. The van der Waals surface area contributed by atoms with Crippen molar-refractivity contribution in [1.82, 2.24) is 14.5 Å². The highest BCUT2D eigenvalue weighted by molar-refractivity contribution is 5.99. The Balaban J connectivity index is 1.70. The smallest absolute Gasteiger partial charge is 0.360 e. The number of benzene rings is 3. The lowest BCUT2D eigenvalue weighted by Gasteiger charge is -2.32. The molecule has 1 aliphatic rings. The molecule has 0 saturated carbocycles. The van der Waals surface area contributed by atoms with E-state index in [1.165, 1.54) is 5.69 Å². The molecule has 0 fully saturated rings. The van der Waals surface area contributed by atoms with Gasteiger partial charge in [-0.2, -0.15) is 0 Å². The van der Waals surface area contributed by atoms with Gasteiger partial charge in [-0.25, -0.2) is 9.78 Å². The Kier molecular flexibility index (Phi) is 6.62. The number of fused-ring (bicyclic) bond motifs is 2. The Morgan fingerprint density at radius 1 is 0.900 bits per heavy atom. The van der Waals surface area contributed by atoms with Gasteiger partial charge in [0.05, 0.1) is 5.69 Å². The average molecular weight is 531 g/mol. The highest BCUT2D eigenvalue weighted by atomic mass is 16.6. The molecule has 0 N–H and O–H groups in total. The number of rotatable bonds is 8. The maximum absolute atomic E-state index is 13.5. The monoisotopic (exact) mass is 530 g/mol. The van der Waals surface area contributed by atoms with E-state index in [2.05, 4.69) is 84.7 Å². The van der Waals surface area contributed by atoms with Gasteiger partial charge in [0.15, 0.2) is 5.69 Å². The first-order valence-corrected chi connectivity index (χ1v) is 14.1. The first-order chi connectivity index (χ1) is 19.5. The summed E-state index contributed by atoms with van der Waals surface area (Å²) in [7, 11) is 2.07. The van der Waals surface area contributed by atoms with Gasteiger partial charge in [0.2, 0.25) is 5.60 Å². The molecule has 1 aliphatic heterocycles. The van der Waals surface area contributed by atoms with Crippen LogP contribution in [0, 0.1) is 6.92 Å². The Bertz CT molecular complexity index is 1700. The van der Waals surface area contributed by atoms with Gasteiger partial charge in [-0.3, -0.25) is 4.98 Å². The first-order valence-electron chi connectivity index (χ1n) is 14.1. The molecule has 1 atom stereocenters. The van der Waals surface area contributed by atoms with Crippen molar-refractivity contribution in [2.45, 2.75) is 39.2 Å². The number of aromatic nitrogens is 3. The van der Waals surface area contributed by atoms with Crippen molar-refractivity contribution in [3.63, 3.8) is 0 Å². The summed E-state index contributed by atoms with van der Waals surface area (Å²) in [6, 6.07) is 25.1. The molecule has 40 heavy (non-hydrogen) atoms. The van der Waals surface area contributed by atoms with Gasteiger partial charge in [0, 0.05) is 60.2 Å². The van der Waals surface area contributed by atoms with E-state index < -0.39 is 11.6 Å². The Morgan fingerprint density at radius 3 is 2.33 bits per heavy atom. The summed E-state index contributed by atoms with van der Waals surface area (Å²) < 4.78 is 8.75. The number of nitrogens with zero attached hydrogens (tertiary/aromatic N) is 4. The first kappa shape index (κ1) is 25.8. The number of aryl methyl sites for hydroxylation is 2. The zero-order chi connectivity index (χ0) is 27.9. The van der Waals surface area contributed by atoms with Gasteiger partial charge < -0.3 is 14.2 Å². The van der Waals surface area contributed by atoms with E-state index >= 15 is 0 Å². The second-order valence-corrected chi connectivity index (χ2v) is 10.5. The maximum Gasteiger partial charge on any atom is 0.360 e. The van der Waals surface area contributed by atoms with Gasteiger partial charge >= 0.3 is 5.97 Å². The number of hydrogen-bond acceptors (Lipinski definition) is 5. The quantitative estimate of drug-likeness (QED) is 0.202. The Morgan fingerprint density at radius 2 is 1.60 bits per heavy atom. The molecule has 0 amide bonds. The van der Waals surface area contributed by atoms with Crippen molar-refractivity contribution < 1.29 is 9.53 Å². The van der Waals surface area contributed by atoms with E-state index in [4.69, 9.17) is 9.72 Å². The van der Waals surface area contributed by atoms with Crippen LogP contribution in [-0.2, 0) is 17.4 Å². The number of anilines is 1. The lowest BCUT2D eigenvalue weighted by molar-refractivity contribution is 0.0245. The molecule has 3 aromatic carbocycles. The van der Waals surface area contributed by atoms with Crippen molar-refractivity contribution in [3.8, 4) is 11.3 Å². The fraction of sp³-hybridized carbons (Fsp3) is 0.265. The number of carbonyl (C=O) groups is 1. The lowest BCUT2D eigenvalue weighted by Crippen LogP contribution is -2.32. The summed E-state index contributed by atoms with van der Waals surface area (Å²) in [6.45, 7) is 8.49. The summed E-state index contributed by atoms with van der Waals surface area (Å²) in [4.78, 5) is 25.2. The van der Waals surface area contributed by atoms with E-state index in [9.17, 15) is 4.79 Å². The van der Waals surface area contributed by atoms with Crippen LogP contribution in [0.2, 0.25) is 0 Å². The third kappa shape index (κ3) is 3.89. The third-order valence-electron chi connectivity index (χ3n) is 7.92. The van der Waals surface area contributed by atoms with Crippen LogP contribution in [0.1, 0.15) is 59.6 Å². The van der Waals surface area contributed by atoms with E-state index in [1.807, 2.05) is 30.3 Å². The Labute approximate surface area is 235 Å². The molecule has 6 heteroatoms. The molecule has 1 unspecified atom stereocenters. The summed E-state index contributed by atoms with van der Waals surface area (Å²) in [5.41, 5.74) is 6.60. The summed E-state index contributed by atoms with van der Waals surface area (Å²) in [5.74, 6) is -0.461. The summed E-state index contributed by atoms with van der Waals surface area (Å²) in [6.07, 6.45) is 5.35. The molecular weight excluding hydrogens is 496 g/mol. The van der Waals surface area contributed by atoms with E-state index in [1.54, 1.807) is 12.4 Å². The van der Waals surface area contributed by atoms with Crippen LogP contribution in [-0.4, -0.2) is 33.6 Å². The van der Waals surface area contributed by atoms with Crippen LogP contribution in [0.25, 0.3) is 22.2 Å². The predicted octanol–water partition coefficient (Wildman–Crippen LogP) is 7.03. The lowest BCUT2D eigenvalue weighted by atomic mass is 9.78. The van der Waals surface area contributed by atoms with E-state index in [0.717, 1.165) is 64.8 Å². The van der Waals surface area contributed by atoms with Crippen LogP contribution in [0.4, 0.5) is 5.69 Å². The van der Waals surface area contributed by atoms with Crippen molar-refractivity contribution in [2.24, 2.45) is 7.05 Å². The molecule has 202 valence electrons. The van der Waals surface area contributed by atoms with Crippen molar-refractivity contribution in [2.75, 3.05) is 18.0 Å². The number of para-hydroxylation sites is 1. The molecule has 3 heterocycles. The number of ether oxygens (including phenoxy) is 1. The molecule has 6 rings (SSSR count). The minimum absolute atomic E-state index is 0.261. The number of esters is 1. The van der Waals surface area contributed by atoms with Gasteiger partial charge in [0.1, 0.15) is 5.69 Å². The van der Waals surface area contributed by atoms with Gasteiger partial charge in [-0.1, -0.05) is 68.4 Å². The second kappa shape index (κ2) is 10.3. The highest BCUT2D eigenvalue weighted by Gasteiger charge is 2.54. The van der Waals surface area contributed by atoms with Gasteiger partial charge in [-0.05, 0) is 49.1 Å². The normalized spacial score (nSPS) is 16.2. The van der Waals surface area contributed by atoms with Crippen LogP contribution < -0.4 is 4.90 Å². The largest absolute Gasteiger partial charge is 0.438 e. The minimum atomic E-state index is -1.27. The van der Waals surface area contributed by atoms with E-state index in [0.29, 0.717) is 5.69 Å². The third-order valence-corrected chi connectivity index (χ3v) is 7.92. The van der Waals surface area contributed by atoms with Crippen molar-refractivity contribution >= 4 is 22.6 Å². The summed E-state index contributed by atoms with van der Waals surface area (Å²) in [5, 5.41) is 1.01. The molecule has 2 aromatic heterocycles. The fourth-order valence-electron chi connectivity index (χ4n) is 6.30. The molecule has 5 aromatic rings. The standard InChI is InChI=1S/C34H34N4O2/c1-5-20-38(21-6-2)25-16-17-27(23(3)22-25)34(32-30(33(39)40-34)35-18-19-36-32)29-26-14-10-11-15-28(26)37(4)31(29)24-12-8-7-9-13-24/h7-19,22H,5-6,20-21H2,1-4H3. The van der Waals surface area contributed by atoms with Crippen LogP contribution in [0.3, 0.4) is 0 Å². The van der Waals surface area contributed by atoms with Crippen molar-refractivity contribution in [1.29, 1.82) is 0 Å². The summed E-state index contributed by atoms with van der Waals surface area (Å²) >= 11 is 0. The average Bonchev–Trinajstić information content (AvgIpc) is 3.45. The number of cyclic esters (lactones) is 1. The molecule has 0 radical (unpaired) electrons. The SMILES string of the molecule is CCCN(CCC)c1ccc(C2(c3c(-c4ccccc4)n(C)c4ccccc34)OC(=O)c3nccnc32)c(C)c1. The Hall–Kier alpha value is -4.45. The molecule has 0 saturated heterocycles. The molecule has 0 bridgehead atoms. The molecule has 0 aliphatic carbocycles. The van der Waals surface area contributed by atoms with Crippen LogP contribution in [0.5, 0.6) is 0 Å². The fourth-order valence-corrected chi connectivity index (χ4v) is 6.30. The molecule has 0 spiro atoms. The van der Waals surface area contributed by atoms with E-state index in [-0.39, 0.29) is 5.69 Å². The van der Waals surface area contributed by atoms with Gasteiger partial charge in [0.25, 0.3) is 0 Å². The second-order valence-electron chi connectivity index (χ2n) is 10.5. The van der Waals surface area contributed by atoms with Crippen LogP contribution >= 0.6 is 0 Å². The minimum Gasteiger partial charge on any atom is -0.438 e. The van der Waals surface area contributed by atoms with Crippen molar-refractivity contribution in [3.05, 3.63) is 113 Å². The van der Waals surface area contributed by atoms with Gasteiger partial charge in [-0.15, -0.1) is 0 Å². The topological polar surface area (TPSA) is 60.2 Å². The highest BCUT2D eigenvalue weighted by Crippen LogP contribution is 2.52. The predicted molar refractivity (Wildman–Crippen MR) is 160 cm³/mol. The zero-order valence-corrected chi connectivity index (χ0v) is 23.5. The molecular formula is C34H34N4O2. The maximum atomic E-state index is 13.5. The zero-order valence-electron chi connectivity index (χ0n) is 23.5. The number of hydrogen-bond donors (Lipinski definition) is 0.